The van der Waals surface area contributed by atoms with Crippen molar-refractivity contribution in [2.24, 2.45) is 5.73 Å². The van der Waals surface area contributed by atoms with E-state index >= 15 is 0 Å². The number of hydrogen-bond acceptors (Lipinski definition) is 4. The molecule has 4 rings (SSSR count). The molecular weight excluding hydrogens is 340 g/mol. The van der Waals surface area contributed by atoms with Crippen molar-refractivity contribution in [1.29, 1.82) is 0 Å². The maximum Gasteiger partial charge on any atom is 0.267 e. The SMILES string of the molecule is CC1Oc2ccc(-c3nc4ccc(Cl)cn4c3CN)cc2N(C)C1=O. The van der Waals surface area contributed by atoms with Crippen LogP contribution in [-0.2, 0) is 11.3 Å². The average Bonchev–Trinajstić information content (AvgIpc) is 2.97. The summed E-state index contributed by atoms with van der Waals surface area (Å²) in [5.74, 6) is 0.602. The number of likely N-dealkylation sites (N-methyl/N-ethyl adjacent to an activating group) is 1. The lowest BCUT2D eigenvalue weighted by atomic mass is 10.1. The van der Waals surface area contributed by atoms with Crippen LogP contribution in [0.5, 0.6) is 5.75 Å². The lowest BCUT2D eigenvalue weighted by molar-refractivity contribution is -0.125. The van der Waals surface area contributed by atoms with Crippen LogP contribution in [0.3, 0.4) is 0 Å². The number of amides is 1. The second-order valence-corrected chi connectivity index (χ2v) is 6.46. The normalized spacial score (nSPS) is 16.9. The Bertz CT molecular complexity index is 998. The van der Waals surface area contributed by atoms with Gasteiger partial charge in [-0.05, 0) is 37.3 Å². The van der Waals surface area contributed by atoms with Crippen LogP contribution in [0.15, 0.2) is 36.5 Å². The summed E-state index contributed by atoms with van der Waals surface area (Å²) < 4.78 is 7.57. The lowest BCUT2D eigenvalue weighted by Crippen LogP contribution is -2.41. The Morgan fingerprint density at radius 1 is 1.32 bits per heavy atom. The van der Waals surface area contributed by atoms with Gasteiger partial charge < -0.3 is 19.8 Å². The van der Waals surface area contributed by atoms with Crippen molar-refractivity contribution >= 4 is 28.8 Å². The fraction of sp³-hybridized carbons (Fsp3) is 0.222. The van der Waals surface area contributed by atoms with E-state index in [4.69, 9.17) is 22.1 Å². The Morgan fingerprint density at radius 3 is 2.88 bits per heavy atom. The highest BCUT2D eigenvalue weighted by molar-refractivity contribution is 6.30. The Labute approximate surface area is 149 Å². The maximum atomic E-state index is 12.2. The number of hydrogen-bond donors (Lipinski definition) is 1. The summed E-state index contributed by atoms with van der Waals surface area (Å²) in [6, 6.07) is 9.34. The van der Waals surface area contributed by atoms with Gasteiger partial charge in [0.05, 0.1) is 22.1 Å². The summed E-state index contributed by atoms with van der Waals surface area (Å²) in [5, 5.41) is 0.615. The van der Waals surface area contributed by atoms with Gasteiger partial charge in [-0.2, -0.15) is 0 Å². The van der Waals surface area contributed by atoms with E-state index in [1.165, 1.54) is 0 Å². The molecule has 0 saturated carbocycles. The van der Waals surface area contributed by atoms with Gasteiger partial charge in [0, 0.05) is 25.4 Å². The van der Waals surface area contributed by atoms with Gasteiger partial charge in [0.2, 0.25) is 0 Å². The Morgan fingerprint density at radius 2 is 2.12 bits per heavy atom. The monoisotopic (exact) mass is 356 g/mol. The number of carbonyl (C=O) groups is 1. The van der Waals surface area contributed by atoms with Gasteiger partial charge in [-0.3, -0.25) is 4.79 Å². The first kappa shape index (κ1) is 15.9. The van der Waals surface area contributed by atoms with Crippen LogP contribution in [0.2, 0.25) is 5.02 Å². The molecule has 1 aliphatic rings. The molecule has 0 saturated heterocycles. The number of anilines is 1. The predicted molar refractivity (Wildman–Crippen MR) is 97.0 cm³/mol. The number of imidazole rings is 1. The van der Waals surface area contributed by atoms with Gasteiger partial charge >= 0.3 is 0 Å². The number of pyridine rings is 1. The minimum atomic E-state index is -0.486. The van der Waals surface area contributed by atoms with E-state index in [0.29, 0.717) is 17.3 Å². The number of nitrogens with two attached hydrogens (primary N) is 1. The van der Waals surface area contributed by atoms with Crippen molar-refractivity contribution in [1.82, 2.24) is 9.38 Å². The molecule has 1 aromatic carbocycles. The van der Waals surface area contributed by atoms with Crippen molar-refractivity contribution < 1.29 is 9.53 Å². The Balaban J connectivity index is 1.89. The summed E-state index contributed by atoms with van der Waals surface area (Å²) in [6.45, 7) is 2.06. The van der Waals surface area contributed by atoms with E-state index in [1.807, 2.05) is 28.7 Å². The molecule has 1 atom stereocenters. The Hall–Kier alpha value is -2.57. The number of aromatic nitrogens is 2. The molecule has 6 nitrogen and oxygen atoms in total. The number of nitrogens with zero attached hydrogens (tertiary/aromatic N) is 3. The summed E-state index contributed by atoms with van der Waals surface area (Å²) >= 11 is 6.10. The molecule has 7 heteroatoms. The van der Waals surface area contributed by atoms with E-state index in [0.717, 1.165) is 28.3 Å². The highest BCUT2D eigenvalue weighted by atomic mass is 35.5. The molecule has 1 aliphatic heterocycles. The maximum absolute atomic E-state index is 12.2. The molecule has 0 bridgehead atoms. The number of carbonyl (C=O) groups excluding carboxylic acids is 1. The third kappa shape index (κ3) is 2.45. The molecule has 3 aromatic rings. The van der Waals surface area contributed by atoms with Gasteiger partial charge in [-0.25, -0.2) is 4.98 Å². The molecule has 3 heterocycles. The van der Waals surface area contributed by atoms with E-state index < -0.39 is 6.10 Å². The quantitative estimate of drug-likeness (QED) is 0.766. The van der Waals surface area contributed by atoms with E-state index in [-0.39, 0.29) is 5.91 Å². The largest absolute Gasteiger partial charge is 0.479 e. The lowest BCUT2D eigenvalue weighted by Gasteiger charge is -2.30. The van der Waals surface area contributed by atoms with Crippen LogP contribution in [0.4, 0.5) is 5.69 Å². The van der Waals surface area contributed by atoms with Crippen LogP contribution in [0, 0.1) is 0 Å². The summed E-state index contributed by atoms with van der Waals surface area (Å²) in [4.78, 5) is 18.5. The zero-order valence-electron chi connectivity index (χ0n) is 13.9. The minimum absolute atomic E-state index is 0.0783. The number of halogens is 1. The minimum Gasteiger partial charge on any atom is -0.479 e. The van der Waals surface area contributed by atoms with Crippen LogP contribution >= 0.6 is 11.6 Å². The molecule has 25 heavy (non-hydrogen) atoms. The van der Waals surface area contributed by atoms with Gasteiger partial charge in [-0.1, -0.05) is 11.6 Å². The summed E-state index contributed by atoms with van der Waals surface area (Å²) in [6.07, 6.45) is 1.31. The fourth-order valence-electron chi connectivity index (χ4n) is 3.15. The second kappa shape index (κ2) is 5.75. The van der Waals surface area contributed by atoms with Crippen LogP contribution in [-0.4, -0.2) is 28.4 Å². The third-order valence-corrected chi connectivity index (χ3v) is 4.67. The number of fused-ring (bicyclic) bond motifs is 2. The molecule has 2 aromatic heterocycles. The first-order valence-electron chi connectivity index (χ1n) is 7.95. The van der Waals surface area contributed by atoms with E-state index in [2.05, 4.69) is 4.98 Å². The van der Waals surface area contributed by atoms with Crippen molar-refractivity contribution in [3.05, 3.63) is 47.2 Å². The van der Waals surface area contributed by atoms with Gasteiger partial charge in [0.1, 0.15) is 11.4 Å². The van der Waals surface area contributed by atoms with E-state index in [9.17, 15) is 4.79 Å². The standard InChI is InChI=1S/C18H17ClN4O2/c1-10-18(24)22(2)13-7-11(3-5-15(13)25-10)17-14(8-20)23-9-12(19)4-6-16(23)21-17/h3-7,9-10H,8,20H2,1-2H3. The highest BCUT2D eigenvalue weighted by Crippen LogP contribution is 2.37. The van der Waals surface area contributed by atoms with Crippen molar-refractivity contribution in [2.75, 3.05) is 11.9 Å². The number of ether oxygens (including phenoxy) is 1. The molecule has 1 unspecified atom stereocenters. The first-order chi connectivity index (χ1) is 12.0. The molecule has 0 spiro atoms. The number of benzene rings is 1. The topological polar surface area (TPSA) is 72.9 Å². The smallest absolute Gasteiger partial charge is 0.267 e. The predicted octanol–water partition coefficient (Wildman–Crippen LogP) is 2.86. The average molecular weight is 357 g/mol. The molecule has 0 radical (unpaired) electrons. The highest BCUT2D eigenvalue weighted by Gasteiger charge is 2.29. The van der Waals surface area contributed by atoms with Gasteiger partial charge in [0.15, 0.2) is 6.10 Å². The summed E-state index contributed by atoms with van der Waals surface area (Å²) in [7, 11) is 1.75. The van der Waals surface area contributed by atoms with Crippen molar-refractivity contribution in [2.45, 2.75) is 19.6 Å². The van der Waals surface area contributed by atoms with Gasteiger partial charge in [0.25, 0.3) is 5.91 Å². The summed E-state index contributed by atoms with van der Waals surface area (Å²) in [5.41, 5.74) is 9.95. The van der Waals surface area contributed by atoms with Crippen molar-refractivity contribution in [3.8, 4) is 17.0 Å². The van der Waals surface area contributed by atoms with Crippen LogP contribution in [0.25, 0.3) is 16.9 Å². The fourth-order valence-corrected chi connectivity index (χ4v) is 3.31. The molecular formula is C18H17ClN4O2. The molecule has 128 valence electrons. The van der Waals surface area contributed by atoms with Crippen LogP contribution in [0.1, 0.15) is 12.6 Å². The zero-order valence-corrected chi connectivity index (χ0v) is 14.6. The van der Waals surface area contributed by atoms with Crippen LogP contribution < -0.4 is 15.4 Å². The van der Waals surface area contributed by atoms with Gasteiger partial charge in [-0.15, -0.1) is 0 Å². The zero-order chi connectivity index (χ0) is 17.7. The first-order valence-corrected chi connectivity index (χ1v) is 8.32. The Kier molecular flexibility index (Phi) is 3.67. The second-order valence-electron chi connectivity index (χ2n) is 6.03. The number of rotatable bonds is 2. The van der Waals surface area contributed by atoms with Crippen molar-refractivity contribution in [3.63, 3.8) is 0 Å². The molecule has 0 fully saturated rings. The molecule has 0 aliphatic carbocycles. The van der Waals surface area contributed by atoms with E-state index in [1.54, 1.807) is 31.1 Å². The molecule has 2 N–H and O–H groups in total. The molecule has 1 amide bonds. The third-order valence-electron chi connectivity index (χ3n) is 4.45.